The molecular formula is C18H19N5O2. The first kappa shape index (κ1) is 15.6. The normalized spacial score (nSPS) is 15.5. The Balaban J connectivity index is 1.43. The summed E-state index contributed by atoms with van der Waals surface area (Å²) in [5.74, 6) is 0.581. The molecule has 1 saturated heterocycles. The van der Waals surface area contributed by atoms with Crippen molar-refractivity contribution in [1.29, 1.82) is 0 Å². The lowest BCUT2D eigenvalue weighted by atomic mass is 10.1. The molecule has 0 unspecified atom stereocenters. The molecule has 128 valence electrons. The van der Waals surface area contributed by atoms with Gasteiger partial charge in [-0.1, -0.05) is 24.3 Å². The van der Waals surface area contributed by atoms with E-state index in [1.165, 1.54) is 4.68 Å². The Morgan fingerprint density at radius 1 is 1.20 bits per heavy atom. The van der Waals surface area contributed by atoms with Crippen LogP contribution in [0.15, 0.2) is 42.7 Å². The molecule has 3 aromatic rings. The van der Waals surface area contributed by atoms with E-state index >= 15 is 0 Å². The zero-order valence-electron chi connectivity index (χ0n) is 14.0. The zero-order chi connectivity index (χ0) is 17.2. The van der Waals surface area contributed by atoms with Gasteiger partial charge in [0.1, 0.15) is 11.8 Å². The topological polar surface area (TPSA) is 73.1 Å². The molecule has 7 heteroatoms. The number of hydrogen-bond acceptors (Lipinski definition) is 6. The first-order chi connectivity index (χ1) is 12.2. The van der Waals surface area contributed by atoms with Crippen LogP contribution in [0.1, 0.15) is 23.3 Å². The number of carbonyl (C=O) groups is 1. The van der Waals surface area contributed by atoms with Crippen molar-refractivity contribution in [3.05, 3.63) is 48.4 Å². The SMILES string of the molecule is Cn1nccc1C(=O)OC1CCN(c2nncc3ccccc23)CC1. The Morgan fingerprint density at radius 2 is 2.00 bits per heavy atom. The molecule has 1 aliphatic heterocycles. The van der Waals surface area contributed by atoms with Crippen molar-refractivity contribution in [1.82, 2.24) is 20.0 Å². The van der Waals surface area contributed by atoms with Gasteiger partial charge in [0.05, 0.1) is 6.20 Å². The van der Waals surface area contributed by atoms with E-state index < -0.39 is 0 Å². The molecule has 1 fully saturated rings. The van der Waals surface area contributed by atoms with Gasteiger partial charge in [0.15, 0.2) is 5.82 Å². The summed E-state index contributed by atoms with van der Waals surface area (Å²) in [5, 5.41) is 14.6. The van der Waals surface area contributed by atoms with E-state index in [-0.39, 0.29) is 12.1 Å². The molecule has 0 atom stereocenters. The van der Waals surface area contributed by atoms with Gasteiger partial charge in [-0.25, -0.2) is 4.79 Å². The average Bonchev–Trinajstić information content (AvgIpc) is 3.08. The van der Waals surface area contributed by atoms with Gasteiger partial charge in [-0.15, -0.1) is 5.10 Å². The van der Waals surface area contributed by atoms with Crippen LogP contribution in [0.2, 0.25) is 0 Å². The quantitative estimate of drug-likeness (QED) is 0.682. The second kappa shape index (κ2) is 6.51. The molecule has 25 heavy (non-hydrogen) atoms. The Hall–Kier alpha value is -2.96. The van der Waals surface area contributed by atoms with Crippen LogP contribution in [0.5, 0.6) is 0 Å². The fraction of sp³-hybridized carbons (Fsp3) is 0.333. The summed E-state index contributed by atoms with van der Waals surface area (Å²) in [7, 11) is 1.73. The molecule has 1 aromatic carbocycles. The molecule has 4 rings (SSSR count). The molecular weight excluding hydrogens is 318 g/mol. The summed E-state index contributed by atoms with van der Waals surface area (Å²) in [4.78, 5) is 14.4. The average molecular weight is 337 g/mol. The lowest BCUT2D eigenvalue weighted by molar-refractivity contribution is 0.0232. The smallest absolute Gasteiger partial charge is 0.356 e. The summed E-state index contributed by atoms with van der Waals surface area (Å²) in [6.07, 6.45) is 4.84. The maximum atomic E-state index is 12.2. The van der Waals surface area contributed by atoms with Gasteiger partial charge in [-0.05, 0) is 6.07 Å². The number of hydrogen-bond donors (Lipinski definition) is 0. The molecule has 2 aromatic heterocycles. The van der Waals surface area contributed by atoms with Crippen molar-refractivity contribution in [3.63, 3.8) is 0 Å². The van der Waals surface area contributed by atoms with Crippen LogP contribution in [-0.4, -0.2) is 45.1 Å². The van der Waals surface area contributed by atoms with E-state index in [0.29, 0.717) is 5.69 Å². The van der Waals surface area contributed by atoms with Crippen molar-refractivity contribution >= 4 is 22.6 Å². The third kappa shape index (κ3) is 3.05. The van der Waals surface area contributed by atoms with Crippen molar-refractivity contribution < 1.29 is 9.53 Å². The fourth-order valence-electron chi connectivity index (χ4n) is 3.22. The van der Waals surface area contributed by atoms with Crippen LogP contribution in [-0.2, 0) is 11.8 Å². The highest BCUT2D eigenvalue weighted by Crippen LogP contribution is 2.26. The molecule has 0 amide bonds. The Morgan fingerprint density at radius 3 is 2.76 bits per heavy atom. The Kier molecular flexibility index (Phi) is 4.05. The van der Waals surface area contributed by atoms with Gasteiger partial charge in [-0.3, -0.25) is 4.68 Å². The molecule has 0 N–H and O–H groups in total. The number of esters is 1. The third-order valence-corrected chi connectivity index (χ3v) is 4.60. The van der Waals surface area contributed by atoms with E-state index in [4.69, 9.17) is 4.74 Å². The number of piperidine rings is 1. The first-order valence-corrected chi connectivity index (χ1v) is 8.37. The number of carbonyl (C=O) groups excluding carboxylic acids is 1. The number of aryl methyl sites for hydroxylation is 1. The second-order valence-electron chi connectivity index (χ2n) is 6.19. The van der Waals surface area contributed by atoms with Crippen LogP contribution in [0.25, 0.3) is 10.8 Å². The molecule has 7 nitrogen and oxygen atoms in total. The predicted octanol–water partition coefficient (Wildman–Crippen LogP) is 2.19. The van der Waals surface area contributed by atoms with Crippen LogP contribution in [0.3, 0.4) is 0 Å². The monoisotopic (exact) mass is 337 g/mol. The highest BCUT2D eigenvalue weighted by Gasteiger charge is 2.25. The highest BCUT2D eigenvalue weighted by molar-refractivity contribution is 5.91. The van der Waals surface area contributed by atoms with Crippen molar-refractivity contribution in [3.8, 4) is 0 Å². The molecule has 0 radical (unpaired) electrons. The molecule has 3 heterocycles. The van der Waals surface area contributed by atoms with E-state index in [9.17, 15) is 4.79 Å². The van der Waals surface area contributed by atoms with E-state index in [1.54, 1.807) is 25.5 Å². The summed E-state index contributed by atoms with van der Waals surface area (Å²) < 4.78 is 7.16. The minimum absolute atomic E-state index is 0.0819. The largest absolute Gasteiger partial charge is 0.458 e. The Labute approximate surface area is 145 Å². The zero-order valence-corrected chi connectivity index (χ0v) is 14.0. The molecule has 0 spiro atoms. The third-order valence-electron chi connectivity index (χ3n) is 4.60. The number of fused-ring (bicyclic) bond motifs is 1. The van der Waals surface area contributed by atoms with Crippen LogP contribution >= 0.6 is 0 Å². The van der Waals surface area contributed by atoms with Crippen LogP contribution in [0.4, 0.5) is 5.82 Å². The maximum absolute atomic E-state index is 12.2. The number of ether oxygens (including phenoxy) is 1. The fourth-order valence-corrected chi connectivity index (χ4v) is 3.22. The van der Waals surface area contributed by atoms with Gasteiger partial charge in [0, 0.05) is 49.9 Å². The van der Waals surface area contributed by atoms with Gasteiger partial charge in [0.2, 0.25) is 0 Å². The standard InChI is InChI=1S/C18H19N5O2/c1-22-16(6-9-20-22)18(24)25-14-7-10-23(11-8-14)17-15-5-3-2-4-13(15)12-19-21-17/h2-6,9,12,14H,7-8,10-11H2,1H3. The van der Waals surface area contributed by atoms with Gasteiger partial charge < -0.3 is 9.64 Å². The summed E-state index contributed by atoms with van der Waals surface area (Å²) in [6.45, 7) is 1.57. The minimum atomic E-state index is -0.316. The second-order valence-corrected chi connectivity index (χ2v) is 6.19. The van der Waals surface area contributed by atoms with Gasteiger partial charge >= 0.3 is 5.97 Å². The van der Waals surface area contributed by atoms with E-state index in [0.717, 1.165) is 42.5 Å². The molecule has 0 saturated carbocycles. The number of nitrogens with zero attached hydrogens (tertiary/aromatic N) is 5. The lowest BCUT2D eigenvalue weighted by Gasteiger charge is -2.32. The molecule has 0 bridgehead atoms. The number of anilines is 1. The number of rotatable bonds is 3. The number of benzene rings is 1. The van der Waals surface area contributed by atoms with E-state index in [2.05, 4.69) is 26.3 Å². The maximum Gasteiger partial charge on any atom is 0.356 e. The first-order valence-electron chi connectivity index (χ1n) is 8.37. The number of aromatic nitrogens is 4. The summed E-state index contributed by atoms with van der Waals surface area (Å²) in [6, 6.07) is 9.78. The minimum Gasteiger partial charge on any atom is -0.458 e. The van der Waals surface area contributed by atoms with Gasteiger partial charge in [0.25, 0.3) is 0 Å². The summed E-state index contributed by atoms with van der Waals surface area (Å²) in [5.41, 5.74) is 0.474. The van der Waals surface area contributed by atoms with Crippen LogP contribution in [0, 0.1) is 0 Å². The lowest BCUT2D eigenvalue weighted by Crippen LogP contribution is -2.38. The van der Waals surface area contributed by atoms with E-state index in [1.807, 2.05) is 18.2 Å². The molecule has 1 aliphatic rings. The highest BCUT2D eigenvalue weighted by atomic mass is 16.5. The van der Waals surface area contributed by atoms with Crippen LogP contribution < -0.4 is 4.90 Å². The molecule has 0 aliphatic carbocycles. The van der Waals surface area contributed by atoms with Crippen molar-refractivity contribution in [2.24, 2.45) is 7.05 Å². The summed E-state index contributed by atoms with van der Waals surface area (Å²) >= 11 is 0. The van der Waals surface area contributed by atoms with Gasteiger partial charge in [-0.2, -0.15) is 10.2 Å². The Bertz CT molecular complexity index is 894. The van der Waals surface area contributed by atoms with Crippen molar-refractivity contribution in [2.45, 2.75) is 18.9 Å². The predicted molar refractivity (Wildman–Crippen MR) is 93.4 cm³/mol. The van der Waals surface area contributed by atoms with Crippen molar-refractivity contribution in [2.75, 3.05) is 18.0 Å².